The Labute approximate surface area is 129 Å². The monoisotopic (exact) mass is 307 g/mol. The van der Waals surface area contributed by atoms with Gasteiger partial charge >= 0.3 is 0 Å². The summed E-state index contributed by atoms with van der Waals surface area (Å²) in [5.41, 5.74) is 7.00. The Morgan fingerprint density at radius 2 is 2.05 bits per heavy atom. The van der Waals surface area contributed by atoms with Crippen molar-refractivity contribution in [3.8, 4) is 5.75 Å². The van der Waals surface area contributed by atoms with Crippen molar-refractivity contribution in [2.24, 2.45) is 5.73 Å². The van der Waals surface area contributed by atoms with Crippen molar-refractivity contribution in [3.05, 3.63) is 41.5 Å². The summed E-state index contributed by atoms with van der Waals surface area (Å²) in [5.74, 6) is 2.34. The fraction of sp³-hybridized carbons (Fsp3) is 0.467. The maximum absolute atomic E-state index is 6.25. The lowest BCUT2D eigenvalue weighted by molar-refractivity contribution is 0.227. The highest BCUT2D eigenvalue weighted by Gasteiger charge is 2.40. The van der Waals surface area contributed by atoms with Crippen molar-refractivity contribution in [1.29, 1.82) is 0 Å². The zero-order chi connectivity index (χ0) is 13.6. The highest BCUT2D eigenvalue weighted by molar-refractivity contribution is 5.85. The molecule has 0 amide bonds. The first kappa shape index (κ1) is 14.4. The van der Waals surface area contributed by atoms with Crippen LogP contribution >= 0.6 is 12.4 Å². The number of fused-ring (bicyclic) bond motifs is 1. The molecule has 1 aliphatic carbocycles. The largest absolute Gasteiger partial charge is 0.493 e. The minimum atomic E-state index is -0.369. The summed E-state index contributed by atoms with van der Waals surface area (Å²) in [5, 5.41) is 4.11. The van der Waals surface area contributed by atoms with Crippen LogP contribution in [-0.2, 0) is 5.54 Å². The Morgan fingerprint density at radius 3 is 2.81 bits per heavy atom. The third-order valence-corrected chi connectivity index (χ3v) is 4.39. The van der Waals surface area contributed by atoms with Crippen LogP contribution in [0, 0.1) is 0 Å². The lowest BCUT2D eigenvalue weighted by Gasteiger charge is -2.34. The van der Waals surface area contributed by atoms with Crippen molar-refractivity contribution in [2.45, 2.75) is 37.1 Å². The van der Waals surface area contributed by atoms with E-state index in [9.17, 15) is 0 Å². The molecule has 1 aliphatic heterocycles. The molecule has 6 heteroatoms. The standard InChI is InChI=1S/C15H17N3O2.ClH/c16-15(7-3-8-15)14-17-13(20-18-14)11-6-9-19-12-5-2-1-4-10(11)12;/h1-2,4-5,11H,3,6-9,16H2;1H. The maximum atomic E-state index is 6.25. The molecule has 1 aromatic heterocycles. The van der Waals surface area contributed by atoms with E-state index in [1.165, 1.54) is 0 Å². The van der Waals surface area contributed by atoms with Gasteiger partial charge in [0.15, 0.2) is 5.82 Å². The van der Waals surface area contributed by atoms with Gasteiger partial charge in [0, 0.05) is 5.56 Å². The van der Waals surface area contributed by atoms with Gasteiger partial charge in [-0.25, -0.2) is 0 Å². The van der Waals surface area contributed by atoms with Gasteiger partial charge in [0.1, 0.15) is 5.75 Å². The fourth-order valence-corrected chi connectivity index (χ4v) is 2.96. The van der Waals surface area contributed by atoms with Gasteiger partial charge in [-0.2, -0.15) is 4.98 Å². The maximum Gasteiger partial charge on any atom is 0.234 e. The van der Waals surface area contributed by atoms with E-state index < -0.39 is 0 Å². The summed E-state index contributed by atoms with van der Waals surface area (Å²) in [6.45, 7) is 0.674. The van der Waals surface area contributed by atoms with Crippen molar-refractivity contribution in [2.75, 3.05) is 6.61 Å². The number of aromatic nitrogens is 2. The Morgan fingerprint density at radius 1 is 1.24 bits per heavy atom. The Kier molecular flexibility index (Phi) is 3.63. The highest BCUT2D eigenvalue weighted by atomic mass is 35.5. The predicted octanol–water partition coefficient (Wildman–Crippen LogP) is 2.74. The van der Waals surface area contributed by atoms with E-state index in [4.69, 9.17) is 15.0 Å². The number of para-hydroxylation sites is 1. The second-order valence-corrected chi connectivity index (χ2v) is 5.69. The molecular weight excluding hydrogens is 290 g/mol. The Balaban J connectivity index is 0.00000132. The van der Waals surface area contributed by atoms with Crippen molar-refractivity contribution < 1.29 is 9.26 Å². The topological polar surface area (TPSA) is 74.2 Å². The third kappa shape index (κ3) is 2.30. The number of nitrogens with two attached hydrogens (primary N) is 1. The SMILES string of the molecule is Cl.NC1(c2noc(C3CCOc4ccccc43)n2)CCC1. The number of rotatable bonds is 2. The van der Waals surface area contributed by atoms with Crippen molar-refractivity contribution >= 4 is 12.4 Å². The average Bonchev–Trinajstić information content (AvgIpc) is 2.94. The van der Waals surface area contributed by atoms with E-state index in [0.29, 0.717) is 18.3 Å². The van der Waals surface area contributed by atoms with Gasteiger partial charge in [-0.15, -0.1) is 12.4 Å². The quantitative estimate of drug-likeness (QED) is 0.923. The molecule has 112 valence electrons. The van der Waals surface area contributed by atoms with Gasteiger partial charge in [0.2, 0.25) is 5.89 Å². The molecule has 4 rings (SSSR count). The molecule has 0 saturated heterocycles. The van der Waals surface area contributed by atoms with Crippen LogP contribution in [0.15, 0.2) is 28.8 Å². The molecule has 5 nitrogen and oxygen atoms in total. The van der Waals surface area contributed by atoms with E-state index >= 15 is 0 Å². The molecule has 2 N–H and O–H groups in total. The smallest absolute Gasteiger partial charge is 0.234 e. The molecule has 1 saturated carbocycles. The molecule has 21 heavy (non-hydrogen) atoms. The van der Waals surface area contributed by atoms with Gasteiger partial charge in [0.05, 0.1) is 18.1 Å². The van der Waals surface area contributed by atoms with Crippen LogP contribution in [0.4, 0.5) is 0 Å². The molecule has 1 unspecified atom stereocenters. The highest BCUT2D eigenvalue weighted by Crippen LogP contribution is 2.40. The predicted molar refractivity (Wildman–Crippen MR) is 79.7 cm³/mol. The zero-order valence-corrected chi connectivity index (χ0v) is 12.4. The van der Waals surface area contributed by atoms with Crippen LogP contribution < -0.4 is 10.5 Å². The van der Waals surface area contributed by atoms with Crippen LogP contribution in [0.1, 0.15) is 48.9 Å². The summed E-state index contributed by atoms with van der Waals surface area (Å²) in [6, 6.07) is 8.03. The lowest BCUT2D eigenvalue weighted by Crippen LogP contribution is -2.44. The molecule has 1 fully saturated rings. The molecular formula is C15H18ClN3O2. The molecule has 2 aliphatic rings. The summed E-state index contributed by atoms with van der Waals surface area (Å²) in [7, 11) is 0. The molecule has 1 atom stereocenters. The number of hydrogen-bond donors (Lipinski definition) is 1. The van der Waals surface area contributed by atoms with Crippen LogP contribution in [0.25, 0.3) is 0 Å². The van der Waals surface area contributed by atoms with Gasteiger partial charge in [-0.3, -0.25) is 0 Å². The first-order valence-electron chi connectivity index (χ1n) is 7.11. The number of halogens is 1. The van der Waals surface area contributed by atoms with Crippen LogP contribution in [0.2, 0.25) is 0 Å². The summed E-state index contributed by atoms with van der Waals surface area (Å²) >= 11 is 0. The average molecular weight is 308 g/mol. The molecule has 2 aromatic rings. The van der Waals surface area contributed by atoms with Gasteiger partial charge in [-0.1, -0.05) is 23.4 Å². The Bertz CT molecular complexity index is 639. The second kappa shape index (κ2) is 5.31. The summed E-state index contributed by atoms with van der Waals surface area (Å²) in [4.78, 5) is 4.57. The summed E-state index contributed by atoms with van der Waals surface area (Å²) in [6.07, 6.45) is 3.88. The molecule has 1 aromatic carbocycles. The van der Waals surface area contributed by atoms with Gasteiger partial charge < -0.3 is 15.0 Å². The van der Waals surface area contributed by atoms with Gasteiger partial charge in [0.25, 0.3) is 0 Å². The second-order valence-electron chi connectivity index (χ2n) is 5.69. The summed E-state index contributed by atoms with van der Waals surface area (Å²) < 4.78 is 11.2. The minimum Gasteiger partial charge on any atom is -0.493 e. The fourth-order valence-electron chi connectivity index (χ4n) is 2.96. The molecule has 0 radical (unpaired) electrons. The molecule has 0 spiro atoms. The van der Waals surface area contributed by atoms with E-state index in [1.54, 1.807) is 0 Å². The first-order chi connectivity index (χ1) is 9.76. The van der Waals surface area contributed by atoms with Crippen molar-refractivity contribution in [3.63, 3.8) is 0 Å². The number of ether oxygens (including phenoxy) is 1. The van der Waals surface area contributed by atoms with Crippen LogP contribution in [-0.4, -0.2) is 16.7 Å². The van der Waals surface area contributed by atoms with E-state index in [0.717, 1.165) is 37.0 Å². The van der Waals surface area contributed by atoms with Crippen molar-refractivity contribution in [1.82, 2.24) is 10.1 Å². The van der Waals surface area contributed by atoms with E-state index in [2.05, 4.69) is 16.2 Å². The first-order valence-corrected chi connectivity index (χ1v) is 7.11. The Hall–Kier alpha value is -1.59. The van der Waals surface area contributed by atoms with E-state index in [-0.39, 0.29) is 23.9 Å². The number of benzene rings is 1. The van der Waals surface area contributed by atoms with E-state index in [1.807, 2.05) is 18.2 Å². The van der Waals surface area contributed by atoms with Gasteiger partial charge in [-0.05, 0) is 31.7 Å². The normalized spacial score (nSPS) is 22.4. The number of nitrogens with zero attached hydrogens (tertiary/aromatic N) is 2. The third-order valence-electron chi connectivity index (χ3n) is 4.39. The number of hydrogen-bond acceptors (Lipinski definition) is 5. The zero-order valence-electron chi connectivity index (χ0n) is 11.6. The van der Waals surface area contributed by atoms with Crippen LogP contribution in [0.3, 0.4) is 0 Å². The lowest BCUT2D eigenvalue weighted by atomic mass is 9.77. The van der Waals surface area contributed by atoms with Crippen LogP contribution in [0.5, 0.6) is 5.75 Å². The minimum absolute atomic E-state index is 0. The molecule has 0 bridgehead atoms. The molecule has 2 heterocycles.